The van der Waals surface area contributed by atoms with Crippen LogP contribution in [0.25, 0.3) is 0 Å². The van der Waals surface area contributed by atoms with Crippen LogP contribution in [0.2, 0.25) is 5.02 Å². The first-order valence-electron chi connectivity index (χ1n) is 7.75. The summed E-state index contributed by atoms with van der Waals surface area (Å²) in [6, 6.07) is 7.13. The van der Waals surface area contributed by atoms with Crippen molar-refractivity contribution in [1.29, 1.82) is 0 Å². The van der Waals surface area contributed by atoms with Crippen molar-refractivity contribution in [2.24, 2.45) is 5.92 Å². The van der Waals surface area contributed by atoms with E-state index >= 15 is 0 Å². The lowest BCUT2D eigenvalue weighted by Gasteiger charge is -2.37. The van der Waals surface area contributed by atoms with Gasteiger partial charge in [-0.15, -0.1) is 12.4 Å². The number of halogens is 2. The van der Waals surface area contributed by atoms with Crippen molar-refractivity contribution in [1.82, 2.24) is 10.2 Å². The van der Waals surface area contributed by atoms with Crippen molar-refractivity contribution in [3.05, 3.63) is 34.9 Å². The number of carbonyl (C=O) groups is 1. The number of piperazine rings is 1. The fourth-order valence-electron chi connectivity index (χ4n) is 2.86. The van der Waals surface area contributed by atoms with Gasteiger partial charge >= 0.3 is 0 Å². The van der Waals surface area contributed by atoms with Crippen LogP contribution in [0, 0.1) is 5.92 Å². The molecule has 0 aromatic heterocycles. The molecule has 0 saturated carbocycles. The maximum absolute atomic E-state index is 12.6. The fourth-order valence-corrected chi connectivity index (χ4v) is 4.80. The molecular formula is C16H24Cl2N2O3S. The lowest BCUT2D eigenvalue weighted by atomic mass is 10.0. The number of benzene rings is 1. The summed E-state index contributed by atoms with van der Waals surface area (Å²) in [4.78, 5) is 14.2. The molecular weight excluding hydrogens is 371 g/mol. The molecule has 1 aromatic rings. The maximum atomic E-state index is 12.6. The summed E-state index contributed by atoms with van der Waals surface area (Å²) in [5.74, 6) is -0.750. The highest BCUT2D eigenvalue weighted by atomic mass is 35.5. The molecule has 5 nitrogen and oxygen atoms in total. The summed E-state index contributed by atoms with van der Waals surface area (Å²) in [5, 5.41) is 3.83. The van der Waals surface area contributed by atoms with Crippen LogP contribution in [0.3, 0.4) is 0 Å². The molecule has 1 N–H and O–H groups in total. The summed E-state index contributed by atoms with van der Waals surface area (Å²) in [6.45, 7) is 5.36. The molecule has 1 aromatic carbocycles. The quantitative estimate of drug-likeness (QED) is 0.831. The molecule has 1 amide bonds. The Morgan fingerprint density at radius 2 is 2.04 bits per heavy atom. The Morgan fingerprint density at radius 1 is 1.38 bits per heavy atom. The van der Waals surface area contributed by atoms with Crippen LogP contribution in [0.5, 0.6) is 0 Å². The van der Waals surface area contributed by atoms with Crippen LogP contribution in [-0.2, 0) is 14.6 Å². The molecule has 0 bridgehead atoms. The van der Waals surface area contributed by atoms with Gasteiger partial charge in [0.05, 0.1) is 11.8 Å². The van der Waals surface area contributed by atoms with Gasteiger partial charge in [-0.25, -0.2) is 8.42 Å². The second-order valence-corrected chi connectivity index (χ2v) is 8.79. The Hall–Kier alpha value is -0.820. The van der Waals surface area contributed by atoms with Gasteiger partial charge in [0, 0.05) is 24.7 Å². The second-order valence-electron chi connectivity index (χ2n) is 6.28. The van der Waals surface area contributed by atoms with Crippen LogP contribution in [0.15, 0.2) is 24.3 Å². The number of carbonyl (C=O) groups excluding carboxylic acids is 1. The molecule has 8 heteroatoms. The molecule has 1 unspecified atom stereocenters. The predicted molar refractivity (Wildman–Crippen MR) is 99.5 cm³/mol. The zero-order valence-corrected chi connectivity index (χ0v) is 16.3. The molecule has 0 aliphatic carbocycles. The lowest BCUT2D eigenvalue weighted by Crippen LogP contribution is -2.50. The van der Waals surface area contributed by atoms with Crippen LogP contribution < -0.4 is 5.32 Å². The van der Waals surface area contributed by atoms with Crippen molar-refractivity contribution in [2.75, 3.05) is 31.1 Å². The predicted octanol–water partition coefficient (Wildman–Crippen LogP) is 2.31. The van der Waals surface area contributed by atoms with E-state index in [9.17, 15) is 13.2 Å². The zero-order chi connectivity index (χ0) is 17.0. The molecule has 1 aliphatic rings. The molecule has 1 heterocycles. The van der Waals surface area contributed by atoms with Crippen LogP contribution in [0.1, 0.15) is 25.5 Å². The minimum Gasteiger partial charge on any atom is -0.332 e. The van der Waals surface area contributed by atoms with E-state index < -0.39 is 15.6 Å². The summed E-state index contributed by atoms with van der Waals surface area (Å²) >= 11 is 6.25. The van der Waals surface area contributed by atoms with E-state index in [2.05, 4.69) is 5.32 Å². The van der Waals surface area contributed by atoms with E-state index in [0.717, 1.165) is 5.56 Å². The van der Waals surface area contributed by atoms with Gasteiger partial charge < -0.3 is 10.2 Å². The maximum Gasteiger partial charge on any atom is 0.238 e. The van der Waals surface area contributed by atoms with Gasteiger partial charge in [-0.2, -0.15) is 0 Å². The zero-order valence-electron chi connectivity index (χ0n) is 13.9. The van der Waals surface area contributed by atoms with Crippen molar-refractivity contribution in [3.8, 4) is 0 Å². The van der Waals surface area contributed by atoms with E-state index in [1.807, 2.05) is 32.0 Å². The van der Waals surface area contributed by atoms with E-state index in [4.69, 9.17) is 11.6 Å². The lowest BCUT2D eigenvalue weighted by molar-refractivity contribution is -0.131. The first kappa shape index (κ1) is 21.2. The van der Waals surface area contributed by atoms with E-state index in [1.54, 1.807) is 11.0 Å². The molecule has 1 fully saturated rings. The van der Waals surface area contributed by atoms with Crippen LogP contribution >= 0.6 is 24.0 Å². The van der Waals surface area contributed by atoms with Gasteiger partial charge in [0.2, 0.25) is 5.91 Å². The average Bonchev–Trinajstić information content (AvgIpc) is 2.46. The number of amides is 1. The van der Waals surface area contributed by atoms with Gasteiger partial charge in [0.1, 0.15) is 5.75 Å². The molecule has 1 aliphatic heterocycles. The normalized spacial score (nSPS) is 18.3. The van der Waals surface area contributed by atoms with Crippen molar-refractivity contribution in [2.45, 2.75) is 19.9 Å². The van der Waals surface area contributed by atoms with E-state index in [-0.39, 0.29) is 36.0 Å². The van der Waals surface area contributed by atoms with Crippen molar-refractivity contribution in [3.63, 3.8) is 0 Å². The Balaban J connectivity index is 0.00000288. The van der Waals surface area contributed by atoms with Gasteiger partial charge in [0.25, 0.3) is 0 Å². The SMILES string of the molecule is CC(C)CS(=O)(=O)CC(=O)N1CCNCC1c1ccccc1Cl.Cl. The number of nitrogens with one attached hydrogen (secondary N) is 1. The standard InChI is InChI=1S/C16H23ClN2O3S.ClH/c1-12(2)10-23(21,22)11-16(20)19-8-7-18-9-15(19)13-5-3-4-6-14(13)17;/h3-6,12,15,18H,7-11H2,1-2H3;1H. The van der Waals surface area contributed by atoms with Crippen molar-refractivity contribution >= 4 is 39.8 Å². The number of sulfone groups is 1. The Bertz CT molecular complexity index is 665. The molecule has 24 heavy (non-hydrogen) atoms. The molecule has 1 atom stereocenters. The Labute approximate surface area is 155 Å². The van der Waals surface area contributed by atoms with Crippen molar-refractivity contribution < 1.29 is 13.2 Å². The highest BCUT2D eigenvalue weighted by Gasteiger charge is 2.31. The third kappa shape index (κ3) is 5.62. The number of nitrogens with zero attached hydrogens (tertiary/aromatic N) is 1. The third-order valence-electron chi connectivity index (χ3n) is 3.76. The fraction of sp³-hybridized carbons (Fsp3) is 0.562. The average molecular weight is 395 g/mol. The monoisotopic (exact) mass is 394 g/mol. The molecule has 0 radical (unpaired) electrons. The number of hydrogen-bond acceptors (Lipinski definition) is 4. The van der Waals surface area contributed by atoms with Gasteiger partial charge in [-0.3, -0.25) is 4.79 Å². The van der Waals surface area contributed by atoms with Gasteiger partial charge in [-0.05, 0) is 17.5 Å². The summed E-state index contributed by atoms with van der Waals surface area (Å²) in [7, 11) is -3.39. The summed E-state index contributed by atoms with van der Waals surface area (Å²) in [5.41, 5.74) is 0.843. The smallest absolute Gasteiger partial charge is 0.238 e. The van der Waals surface area contributed by atoms with E-state index in [1.165, 1.54) is 0 Å². The highest BCUT2D eigenvalue weighted by Crippen LogP contribution is 2.28. The molecule has 2 rings (SSSR count). The first-order valence-corrected chi connectivity index (χ1v) is 9.95. The van der Waals surface area contributed by atoms with Gasteiger partial charge in [0.15, 0.2) is 9.84 Å². The summed E-state index contributed by atoms with van der Waals surface area (Å²) in [6.07, 6.45) is 0. The Kier molecular flexibility index (Phi) is 7.99. The summed E-state index contributed by atoms with van der Waals surface area (Å²) < 4.78 is 24.2. The molecule has 1 saturated heterocycles. The number of hydrogen-bond donors (Lipinski definition) is 1. The Morgan fingerprint density at radius 3 is 2.67 bits per heavy atom. The van der Waals surface area contributed by atoms with E-state index in [0.29, 0.717) is 24.7 Å². The first-order chi connectivity index (χ1) is 10.8. The van der Waals surface area contributed by atoms with Gasteiger partial charge in [-0.1, -0.05) is 43.6 Å². The topological polar surface area (TPSA) is 66.5 Å². The van der Waals surface area contributed by atoms with Crippen LogP contribution in [0.4, 0.5) is 0 Å². The second kappa shape index (κ2) is 9.04. The minimum atomic E-state index is -3.39. The molecule has 0 spiro atoms. The highest BCUT2D eigenvalue weighted by molar-refractivity contribution is 7.92. The molecule has 136 valence electrons. The minimum absolute atomic E-state index is 0. The largest absolute Gasteiger partial charge is 0.332 e. The number of rotatable bonds is 5. The van der Waals surface area contributed by atoms with Crippen LogP contribution in [-0.4, -0.2) is 50.4 Å². The third-order valence-corrected chi connectivity index (χ3v) is 5.96.